The molecule has 20 heavy (non-hydrogen) atoms. The van der Waals surface area contributed by atoms with E-state index in [2.05, 4.69) is 48.1 Å². The molecule has 0 aromatic carbocycles. The van der Waals surface area contributed by atoms with Crippen molar-refractivity contribution in [3.05, 3.63) is 22.4 Å². The van der Waals surface area contributed by atoms with Crippen LogP contribution in [-0.4, -0.2) is 48.1 Å². The van der Waals surface area contributed by atoms with Gasteiger partial charge in [0.15, 0.2) is 0 Å². The second-order valence-electron chi connectivity index (χ2n) is 7.28. The fraction of sp³-hybridized carbons (Fsp3) is 0.765. The van der Waals surface area contributed by atoms with Crippen LogP contribution in [0.1, 0.15) is 44.9 Å². The quantitative estimate of drug-likeness (QED) is 0.840. The van der Waals surface area contributed by atoms with E-state index in [0.717, 1.165) is 6.04 Å². The molecular weight excluding hydrogens is 264 g/mol. The summed E-state index contributed by atoms with van der Waals surface area (Å²) in [6.45, 7) is 12.3. The van der Waals surface area contributed by atoms with Gasteiger partial charge in [-0.05, 0) is 37.8 Å². The predicted octanol–water partition coefficient (Wildman–Crippen LogP) is 3.58. The molecule has 2 nitrogen and oxygen atoms in total. The van der Waals surface area contributed by atoms with Gasteiger partial charge < -0.3 is 0 Å². The van der Waals surface area contributed by atoms with E-state index < -0.39 is 0 Å². The van der Waals surface area contributed by atoms with Gasteiger partial charge in [-0.2, -0.15) is 0 Å². The lowest BCUT2D eigenvalue weighted by Crippen LogP contribution is -2.60. The van der Waals surface area contributed by atoms with Gasteiger partial charge in [-0.25, -0.2) is 0 Å². The third kappa shape index (κ3) is 2.95. The minimum Gasteiger partial charge on any atom is -0.298 e. The van der Waals surface area contributed by atoms with Gasteiger partial charge in [0.1, 0.15) is 0 Å². The lowest BCUT2D eigenvalue weighted by Gasteiger charge is -2.49. The summed E-state index contributed by atoms with van der Waals surface area (Å²) in [5, 5.41) is 2.21. The van der Waals surface area contributed by atoms with Crippen molar-refractivity contribution >= 4 is 11.3 Å². The highest BCUT2D eigenvalue weighted by molar-refractivity contribution is 7.10. The van der Waals surface area contributed by atoms with Gasteiger partial charge in [0.25, 0.3) is 0 Å². The van der Waals surface area contributed by atoms with E-state index >= 15 is 0 Å². The number of nitrogens with zero attached hydrogens (tertiary/aromatic N) is 2. The first-order chi connectivity index (χ1) is 9.56. The summed E-state index contributed by atoms with van der Waals surface area (Å²) >= 11 is 1.91. The van der Waals surface area contributed by atoms with Gasteiger partial charge in [-0.15, -0.1) is 11.3 Å². The summed E-state index contributed by atoms with van der Waals surface area (Å²) in [7, 11) is 0. The third-order valence-corrected chi connectivity index (χ3v) is 6.34. The van der Waals surface area contributed by atoms with Crippen molar-refractivity contribution in [3.63, 3.8) is 0 Å². The average molecular weight is 292 g/mol. The first-order valence-electron chi connectivity index (χ1n) is 8.08. The van der Waals surface area contributed by atoms with Crippen molar-refractivity contribution in [2.75, 3.05) is 26.2 Å². The van der Waals surface area contributed by atoms with Gasteiger partial charge in [-0.3, -0.25) is 9.80 Å². The fourth-order valence-corrected chi connectivity index (χ4v) is 4.73. The SMILES string of the molecule is CC1CN2CCCCC2CN1CC(C)(C)c1cccs1. The van der Waals surface area contributed by atoms with Crippen LogP contribution in [0.25, 0.3) is 0 Å². The third-order valence-electron chi connectivity index (χ3n) is 5.10. The minimum atomic E-state index is 0.277. The summed E-state index contributed by atoms with van der Waals surface area (Å²) in [6, 6.07) is 6.00. The average Bonchev–Trinajstić information content (AvgIpc) is 2.94. The monoisotopic (exact) mass is 292 g/mol. The molecule has 0 saturated carbocycles. The molecule has 2 saturated heterocycles. The molecule has 0 amide bonds. The largest absolute Gasteiger partial charge is 0.298 e. The Morgan fingerprint density at radius 1 is 1.30 bits per heavy atom. The van der Waals surface area contributed by atoms with Crippen molar-refractivity contribution in [3.8, 4) is 0 Å². The Kier molecular flexibility index (Phi) is 4.21. The van der Waals surface area contributed by atoms with E-state index in [9.17, 15) is 0 Å². The smallest absolute Gasteiger partial charge is 0.0223 e. The van der Waals surface area contributed by atoms with Crippen molar-refractivity contribution in [1.29, 1.82) is 0 Å². The number of piperidine rings is 1. The maximum atomic E-state index is 2.74. The highest BCUT2D eigenvalue weighted by atomic mass is 32.1. The number of rotatable bonds is 3. The molecule has 0 radical (unpaired) electrons. The van der Waals surface area contributed by atoms with Gasteiger partial charge in [0, 0.05) is 42.0 Å². The van der Waals surface area contributed by atoms with Crippen LogP contribution in [0, 0.1) is 0 Å². The standard InChI is InChI=1S/C17H28N2S/c1-14-11-18-9-5-4-7-15(18)12-19(14)13-17(2,3)16-8-6-10-20-16/h6,8,10,14-15H,4-5,7,9,11-13H2,1-3H3. The van der Waals surface area contributed by atoms with E-state index in [1.54, 1.807) is 0 Å². The van der Waals surface area contributed by atoms with Crippen LogP contribution < -0.4 is 0 Å². The number of hydrogen-bond donors (Lipinski definition) is 0. The Bertz CT molecular complexity index is 426. The molecule has 0 aliphatic carbocycles. The molecule has 1 aromatic heterocycles. The van der Waals surface area contributed by atoms with Gasteiger partial charge in [-0.1, -0.05) is 26.3 Å². The van der Waals surface area contributed by atoms with E-state index in [0.29, 0.717) is 6.04 Å². The number of hydrogen-bond acceptors (Lipinski definition) is 3. The normalized spacial score (nSPS) is 29.4. The molecule has 2 unspecified atom stereocenters. The van der Waals surface area contributed by atoms with Crippen LogP contribution in [0.4, 0.5) is 0 Å². The highest BCUT2D eigenvalue weighted by Crippen LogP contribution is 2.31. The topological polar surface area (TPSA) is 6.48 Å². The number of fused-ring (bicyclic) bond motifs is 1. The highest BCUT2D eigenvalue weighted by Gasteiger charge is 2.35. The summed E-state index contributed by atoms with van der Waals surface area (Å²) in [5.41, 5.74) is 0.277. The Balaban J connectivity index is 1.67. The summed E-state index contributed by atoms with van der Waals surface area (Å²) in [4.78, 5) is 7.01. The van der Waals surface area contributed by atoms with Gasteiger partial charge in [0.2, 0.25) is 0 Å². The lowest BCUT2D eigenvalue weighted by molar-refractivity contribution is 0.00676. The van der Waals surface area contributed by atoms with Crippen molar-refractivity contribution in [2.24, 2.45) is 0 Å². The number of piperazine rings is 1. The molecule has 2 atom stereocenters. The molecule has 2 aliphatic rings. The van der Waals surface area contributed by atoms with Crippen molar-refractivity contribution in [1.82, 2.24) is 9.80 Å². The van der Waals surface area contributed by atoms with Crippen LogP contribution in [-0.2, 0) is 5.41 Å². The molecule has 3 rings (SSSR count). The van der Waals surface area contributed by atoms with E-state index in [1.807, 2.05) is 11.3 Å². The molecule has 0 bridgehead atoms. The van der Waals surface area contributed by atoms with Crippen LogP contribution in [0.2, 0.25) is 0 Å². The second-order valence-corrected chi connectivity index (χ2v) is 8.23. The minimum absolute atomic E-state index is 0.277. The zero-order valence-corrected chi connectivity index (χ0v) is 14.0. The Hall–Kier alpha value is -0.380. The van der Waals surface area contributed by atoms with Crippen LogP contribution in [0.5, 0.6) is 0 Å². The fourth-order valence-electron chi connectivity index (χ4n) is 3.88. The van der Waals surface area contributed by atoms with Gasteiger partial charge >= 0.3 is 0 Å². The number of thiophene rings is 1. The molecule has 3 heteroatoms. The Labute approximate surface area is 127 Å². The maximum absolute atomic E-state index is 2.74. The lowest BCUT2D eigenvalue weighted by atomic mass is 9.88. The summed E-state index contributed by atoms with van der Waals surface area (Å²) in [6.07, 6.45) is 4.24. The molecule has 112 valence electrons. The molecule has 2 aliphatic heterocycles. The zero-order chi connectivity index (χ0) is 14.2. The molecule has 2 fully saturated rings. The summed E-state index contributed by atoms with van der Waals surface area (Å²) < 4.78 is 0. The molecular formula is C17H28N2S. The van der Waals surface area contributed by atoms with Crippen molar-refractivity contribution in [2.45, 2.75) is 57.5 Å². The Morgan fingerprint density at radius 3 is 2.90 bits per heavy atom. The predicted molar refractivity (Wildman–Crippen MR) is 87.6 cm³/mol. The second kappa shape index (κ2) is 5.78. The van der Waals surface area contributed by atoms with Crippen molar-refractivity contribution < 1.29 is 0 Å². The van der Waals surface area contributed by atoms with Crippen LogP contribution >= 0.6 is 11.3 Å². The molecule has 0 N–H and O–H groups in total. The van der Waals surface area contributed by atoms with Crippen LogP contribution in [0.3, 0.4) is 0 Å². The van der Waals surface area contributed by atoms with E-state index in [-0.39, 0.29) is 5.41 Å². The van der Waals surface area contributed by atoms with Crippen LogP contribution in [0.15, 0.2) is 17.5 Å². The Morgan fingerprint density at radius 2 is 2.15 bits per heavy atom. The van der Waals surface area contributed by atoms with Gasteiger partial charge in [0.05, 0.1) is 0 Å². The first-order valence-corrected chi connectivity index (χ1v) is 8.96. The summed E-state index contributed by atoms with van der Waals surface area (Å²) in [5.74, 6) is 0. The molecule has 1 aromatic rings. The first kappa shape index (κ1) is 14.6. The molecule has 3 heterocycles. The van der Waals surface area contributed by atoms with E-state index in [4.69, 9.17) is 0 Å². The van der Waals surface area contributed by atoms with E-state index in [1.165, 1.54) is 50.3 Å². The maximum Gasteiger partial charge on any atom is 0.0223 e. The zero-order valence-electron chi connectivity index (χ0n) is 13.1. The molecule has 0 spiro atoms.